The van der Waals surface area contributed by atoms with Crippen LogP contribution in [0, 0.1) is 0 Å². The first-order valence-electron chi connectivity index (χ1n) is 5.16. The van der Waals surface area contributed by atoms with Crippen molar-refractivity contribution in [1.82, 2.24) is 0 Å². The maximum absolute atomic E-state index is 9.66. The normalized spacial score (nSPS) is 17.4. The minimum Gasteiger partial charge on any atom is -0.508 e. The number of hydrogen-bond acceptors (Lipinski definition) is 1. The fourth-order valence-electron chi connectivity index (χ4n) is 2.25. The van der Waals surface area contributed by atoms with Crippen LogP contribution in [0.3, 0.4) is 0 Å². The van der Waals surface area contributed by atoms with Gasteiger partial charge in [0.05, 0.1) is 0 Å². The predicted molar refractivity (Wildman–Crippen MR) is 59.7 cm³/mol. The van der Waals surface area contributed by atoms with Crippen molar-refractivity contribution in [2.45, 2.75) is 38.0 Å². The summed E-state index contributed by atoms with van der Waals surface area (Å²) in [5, 5.41) is 9.66. The van der Waals surface area contributed by atoms with Crippen molar-refractivity contribution < 1.29 is 5.11 Å². The molecule has 1 radical (unpaired) electrons. The van der Waals surface area contributed by atoms with E-state index in [1.54, 1.807) is 6.07 Å². The first-order valence-corrected chi connectivity index (χ1v) is 5.16. The molecule has 0 aromatic heterocycles. The van der Waals surface area contributed by atoms with Crippen LogP contribution in [-0.2, 0) is 0 Å². The number of benzene rings is 1. The molecule has 0 heterocycles. The molecule has 0 spiro atoms. The number of phenols is 1. The van der Waals surface area contributed by atoms with E-state index in [2.05, 4.69) is 6.07 Å². The average Bonchev–Trinajstić information content (AvgIpc) is 2.20. The van der Waals surface area contributed by atoms with Crippen LogP contribution < -0.4 is 0 Å². The molecule has 1 fully saturated rings. The van der Waals surface area contributed by atoms with Gasteiger partial charge in [0.15, 0.2) is 0 Å². The second-order valence-corrected chi connectivity index (χ2v) is 3.89. The van der Waals surface area contributed by atoms with Crippen molar-refractivity contribution in [3.05, 3.63) is 29.8 Å². The molecule has 2 heteroatoms. The number of para-hydroxylation sites is 1. The van der Waals surface area contributed by atoms with Gasteiger partial charge >= 0.3 is 0 Å². The zero-order valence-electron chi connectivity index (χ0n) is 8.87. The van der Waals surface area contributed by atoms with Crippen LogP contribution in [0.5, 0.6) is 5.75 Å². The first kappa shape index (κ1) is 12.1. The number of hydrogen-bond donors (Lipinski definition) is 1. The average molecular weight is 199 g/mol. The summed E-state index contributed by atoms with van der Waals surface area (Å²) >= 11 is 0. The molecule has 0 unspecified atom stereocenters. The van der Waals surface area contributed by atoms with Gasteiger partial charge in [0.2, 0.25) is 0 Å². The second kappa shape index (κ2) is 5.79. The summed E-state index contributed by atoms with van der Waals surface area (Å²) in [6.07, 6.45) is 6.50. The van der Waals surface area contributed by atoms with Gasteiger partial charge in [0.1, 0.15) is 5.75 Å². The van der Waals surface area contributed by atoms with Crippen LogP contribution in [-0.4, -0.2) is 34.7 Å². The molecule has 1 aromatic rings. The van der Waals surface area contributed by atoms with Crippen LogP contribution in [0.15, 0.2) is 24.3 Å². The molecule has 1 aromatic carbocycles. The molecular formula is C12H16NaO. The monoisotopic (exact) mass is 199 g/mol. The Balaban J connectivity index is 0.000000980. The molecule has 1 N–H and O–H groups in total. The number of aromatic hydroxyl groups is 1. The topological polar surface area (TPSA) is 20.2 Å². The molecule has 1 saturated carbocycles. The Bertz CT molecular complexity index is 279. The Morgan fingerprint density at radius 3 is 2.29 bits per heavy atom. The van der Waals surface area contributed by atoms with E-state index in [4.69, 9.17) is 0 Å². The van der Waals surface area contributed by atoms with Gasteiger partial charge in [0, 0.05) is 29.6 Å². The van der Waals surface area contributed by atoms with Crippen LogP contribution in [0.2, 0.25) is 0 Å². The van der Waals surface area contributed by atoms with Gasteiger partial charge in [-0.05, 0) is 30.4 Å². The smallest absolute Gasteiger partial charge is 0.119 e. The third-order valence-electron chi connectivity index (χ3n) is 2.98. The van der Waals surface area contributed by atoms with E-state index in [9.17, 15) is 5.11 Å². The van der Waals surface area contributed by atoms with Gasteiger partial charge in [-0.15, -0.1) is 0 Å². The third-order valence-corrected chi connectivity index (χ3v) is 2.98. The van der Waals surface area contributed by atoms with Gasteiger partial charge in [-0.1, -0.05) is 37.5 Å². The van der Waals surface area contributed by atoms with Crippen molar-refractivity contribution >= 4 is 29.6 Å². The van der Waals surface area contributed by atoms with Gasteiger partial charge in [-0.2, -0.15) is 0 Å². The quantitative estimate of drug-likeness (QED) is 0.689. The Morgan fingerprint density at radius 1 is 1.00 bits per heavy atom. The predicted octanol–water partition coefficient (Wildman–Crippen LogP) is 3.06. The first-order chi connectivity index (χ1) is 6.38. The van der Waals surface area contributed by atoms with Crippen molar-refractivity contribution in [1.29, 1.82) is 0 Å². The van der Waals surface area contributed by atoms with Crippen molar-refractivity contribution in [2.24, 2.45) is 0 Å². The van der Waals surface area contributed by atoms with Gasteiger partial charge in [-0.3, -0.25) is 0 Å². The fourth-order valence-corrected chi connectivity index (χ4v) is 2.25. The summed E-state index contributed by atoms with van der Waals surface area (Å²) in [6, 6.07) is 7.76. The molecule has 71 valence electrons. The maximum Gasteiger partial charge on any atom is 0.119 e. The molecule has 1 aliphatic rings. The molecule has 2 rings (SSSR count). The van der Waals surface area contributed by atoms with Gasteiger partial charge < -0.3 is 5.11 Å². The summed E-state index contributed by atoms with van der Waals surface area (Å²) in [5.41, 5.74) is 1.15. The zero-order chi connectivity index (χ0) is 9.10. The molecule has 0 aliphatic heterocycles. The molecule has 1 aliphatic carbocycles. The Labute approximate surface area is 108 Å². The summed E-state index contributed by atoms with van der Waals surface area (Å²) in [6.45, 7) is 0. The molecule has 14 heavy (non-hydrogen) atoms. The SMILES string of the molecule is Oc1ccccc1C1CCCCC1.[Na]. The van der Waals surface area contributed by atoms with Crippen molar-refractivity contribution in [3.63, 3.8) is 0 Å². The van der Waals surface area contributed by atoms with Crippen LogP contribution >= 0.6 is 0 Å². The van der Waals surface area contributed by atoms with Gasteiger partial charge in [-0.25, -0.2) is 0 Å². The van der Waals surface area contributed by atoms with Crippen molar-refractivity contribution in [2.75, 3.05) is 0 Å². The van der Waals surface area contributed by atoms with E-state index < -0.39 is 0 Å². The Morgan fingerprint density at radius 2 is 1.64 bits per heavy atom. The molecular weight excluding hydrogens is 183 g/mol. The zero-order valence-corrected chi connectivity index (χ0v) is 10.9. The summed E-state index contributed by atoms with van der Waals surface area (Å²) in [4.78, 5) is 0. The Kier molecular flexibility index (Phi) is 5.00. The van der Waals surface area contributed by atoms with Crippen LogP contribution in [0.25, 0.3) is 0 Å². The van der Waals surface area contributed by atoms with E-state index in [0.717, 1.165) is 5.56 Å². The van der Waals surface area contributed by atoms with Crippen LogP contribution in [0.4, 0.5) is 0 Å². The largest absolute Gasteiger partial charge is 0.508 e. The van der Waals surface area contributed by atoms with E-state index in [-0.39, 0.29) is 29.6 Å². The summed E-state index contributed by atoms with van der Waals surface area (Å²) < 4.78 is 0. The molecule has 0 atom stereocenters. The number of rotatable bonds is 1. The standard InChI is InChI=1S/C12H16O.Na/c13-12-9-5-4-8-11(12)10-6-2-1-3-7-10;/h4-5,8-10,13H,1-3,6-7H2;. The minimum atomic E-state index is 0. The minimum absolute atomic E-state index is 0. The van der Waals surface area contributed by atoms with Crippen molar-refractivity contribution in [3.8, 4) is 5.75 Å². The number of phenolic OH excluding ortho intramolecular Hbond substituents is 1. The van der Waals surface area contributed by atoms with Gasteiger partial charge in [0.25, 0.3) is 0 Å². The third kappa shape index (κ3) is 2.75. The molecule has 0 bridgehead atoms. The van der Waals surface area contributed by atoms with E-state index in [1.165, 1.54) is 32.1 Å². The van der Waals surface area contributed by atoms with E-state index >= 15 is 0 Å². The maximum atomic E-state index is 9.66. The fraction of sp³-hybridized carbons (Fsp3) is 0.500. The molecule has 1 nitrogen and oxygen atoms in total. The van der Waals surface area contributed by atoms with Crippen LogP contribution in [0.1, 0.15) is 43.6 Å². The summed E-state index contributed by atoms with van der Waals surface area (Å²) in [7, 11) is 0. The molecule has 0 amide bonds. The van der Waals surface area contributed by atoms with E-state index in [0.29, 0.717) is 11.7 Å². The summed E-state index contributed by atoms with van der Waals surface area (Å²) in [5.74, 6) is 1.09. The van der Waals surface area contributed by atoms with E-state index in [1.807, 2.05) is 12.1 Å². The molecule has 0 saturated heterocycles. The second-order valence-electron chi connectivity index (χ2n) is 3.89. The Hall–Kier alpha value is 0.0200.